The Kier molecular flexibility index (Phi) is 9.26. The Hall–Kier alpha value is -2.93. The van der Waals surface area contributed by atoms with Crippen molar-refractivity contribution in [2.75, 3.05) is 29.6 Å². The number of hydrogen-bond donors (Lipinski definition) is 3. The Labute approximate surface area is 211 Å². The van der Waals surface area contributed by atoms with Crippen molar-refractivity contribution in [3.63, 3.8) is 0 Å². The van der Waals surface area contributed by atoms with Crippen molar-refractivity contribution in [1.82, 2.24) is 15.4 Å². The number of halogens is 1. The lowest BCUT2D eigenvalue weighted by Gasteiger charge is -2.19. The second kappa shape index (κ2) is 12.2. The zero-order valence-corrected chi connectivity index (χ0v) is 22.0. The van der Waals surface area contributed by atoms with E-state index in [4.69, 9.17) is 16.4 Å². The maximum atomic E-state index is 13.4. The van der Waals surface area contributed by atoms with E-state index in [1.54, 1.807) is 24.3 Å². The van der Waals surface area contributed by atoms with Gasteiger partial charge >= 0.3 is 0 Å². The molecule has 0 radical (unpaired) electrons. The fraction of sp³-hybridized carbons (Fsp3) is 0.320. The third kappa shape index (κ3) is 7.04. The van der Waals surface area contributed by atoms with E-state index in [2.05, 4.69) is 26.1 Å². The van der Waals surface area contributed by atoms with Crippen LogP contribution in [-0.4, -0.2) is 34.8 Å². The van der Waals surface area contributed by atoms with E-state index in [0.29, 0.717) is 58.6 Å². The molecule has 3 rings (SSSR count). The number of carbonyl (C=O) groups excluding carboxylic acids is 1. The third-order valence-electron chi connectivity index (χ3n) is 5.35. The number of anilines is 4. The first-order valence-corrected chi connectivity index (χ1v) is 14.0. The molecule has 0 aliphatic carbocycles. The van der Waals surface area contributed by atoms with E-state index in [9.17, 15) is 9.36 Å². The van der Waals surface area contributed by atoms with Gasteiger partial charge in [0.1, 0.15) is 12.2 Å². The Morgan fingerprint density at radius 3 is 2.40 bits per heavy atom. The largest absolute Gasteiger partial charge is 0.338 e. The van der Waals surface area contributed by atoms with Crippen LogP contribution in [0.4, 0.5) is 23.1 Å². The van der Waals surface area contributed by atoms with Gasteiger partial charge in [-0.1, -0.05) is 51.4 Å². The van der Waals surface area contributed by atoms with Crippen LogP contribution in [-0.2, 0) is 9.40 Å². The molecule has 0 fully saturated rings. The average molecular weight is 516 g/mol. The van der Waals surface area contributed by atoms with Crippen molar-refractivity contribution in [2.45, 2.75) is 27.7 Å². The van der Waals surface area contributed by atoms with Crippen LogP contribution in [0.15, 0.2) is 54.7 Å². The van der Waals surface area contributed by atoms with Gasteiger partial charge in [-0.05, 0) is 42.3 Å². The van der Waals surface area contributed by atoms with Crippen molar-refractivity contribution in [3.05, 3.63) is 65.3 Å². The molecule has 3 aromatic rings. The van der Waals surface area contributed by atoms with Gasteiger partial charge in [0.25, 0.3) is 5.91 Å². The number of para-hydroxylation sites is 1. The molecule has 10 heteroatoms. The summed E-state index contributed by atoms with van der Waals surface area (Å²) in [5.41, 5.74) is 4.30. The van der Waals surface area contributed by atoms with E-state index < -0.39 is 7.14 Å². The van der Waals surface area contributed by atoms with Gasteiger partial charge in [-0.3, -0.25) is 9.63 Å². The molecular weight excluding hydrogens is 485 g/mol. The molecule has 0 spiro atoms. The molecule has 186 valence electrons. The van der Waals surface area contributed by atoms with Gasteiger partial charge in [0.05, 0.1) is 18.5 Å². The number of carbonyl (C=O) groups is 1. The fourth-order valence-electron chi connectivity index (χ4n) is 3.31. The Bertz CT molecular complexity index is 1200. The molecule has 0 bridgehead atoms. The molecular formula is C25H31ClN5O3P. The van der Waals surface area contributed by atoms with Crippen LogP contribution in [0.2, 0.25) is 5.02 Å². The van der Waals surface area contributed by atoms with E-state index in [0.717, 1.165) is 5.30 Å². The summed E-state index contributed by atoms with van der Waals surface area (Å²) >= 11 is 6.36. The number of amides is 1. The van der Waals surface area contributed by atoms with E-state index >= 15 is 0 Å². The SMILES string of the molecule is CCP(=O)(CC)c1ccccc1Nc1nc(Nc2ccc(C(=O)NOCC(C)C)cc2)ncc1Cl. The highest BCUT2D eigenvalue weighted by atomic mass is 35.5. The molecule has 3 N–H and O–H groups in total. The summed E-state index contributed by atoms with van der Waals surface area (Å²) in [6.07, 6.45) is 2.64. The van der Waals surface area contributed by atoms with Crippen LogP contribution in [0.25, 0.3) is 0 Å². The van der Waals surface area contributed by atoms with Crippen LogP contribution in [0.5, 0.6) is 0 Å². The fourth-order valence-corrected chi connectivity index (χ4v) is 5.50. The van der Waals surface area contributed by atoms with Gasteiger partial charge in [0.15, 0.2) is 5.82 Å². The highest BCUT2D eigenvalue weighted by Crippen LogP contribution is 2.45. The smallest absolute Gasteiger partial charge is 0.274 e. The molecule has 0 unspecified atom stereocenters. The topological polar surface area (TPSA) is 105 Å². The third-order valence-corrected chi connectivity index (χ3v) is 8.93. The number of nitrogens with one attached hydrogen (secondary N) is 3. The first-order valence-electron chi connectivity index (χ1n) is 11.5. The molecule has 0 aliphatic heterocycles. The van der Waals surface area contributed by atoms with Gasteiger partial charge in [0, 0.05) is 28.9 Å². The minimum atomic E-state index is -2.52. The number of rotatable bonds is 11. The van der Waals surface area contributed by atoms with Crippen molar-refractivity contribution in [1.29, 1.82) is 0 Å². The zero-order valence-electron chi connectivity index (χ0n) is 20.3. The molecule has 1 amide bonds. The quantitative estimate of drug-likeness (QED) is 0.213. The summed E-state index contributed by atoms with van der Waals surface area (Å²) in [7, 11) is -2.52. The van der Waals surface area contributed by atoms with Crippen molar-refractivity contribution in [2.24, 2.45) is 5.92 Å². The highest BCUT2D eigenvalue weighted by Gasteiger charge is 2.23. The molecule has 1 aromatic heterocycles. The predicted molar refractivity (Wildman–Crippen MR) is 143 cm³/mol. The summed E-state index contributed by atoms with van der Waals surface area (Å²) in [5.74, 6) is 0.716. The Morgan fingerprint density at radius 1 is 1.06 bits per heavy atom. The first-order chi connectivity index (χ1) is 16.8. The lowest BCUT2D eigenvalue weighted by atomic mass is 10.2. The molecule has 2 aromatic carbocycles. The minimum absolute atomic E-state index is 0.317. The monoisotopic (exact) mass is 515 g/mol. The van der Waals surface area contributed by atoms with Gasteiger partial charge in [-0.25, -0.2) is 10.5 Å². The molecule has 0 saturated carbocycles. The number of aromatic nitrogens is 2. The summed E-state index contributed by atoms with van der Waals surface area (Å²) in [6.45, 7) is 8.32. The molecule has 0 atom stereocenters. The highest BCUT2D eigenvalue weighted by molar-refractivity contribution is 7.71. The lowest BCUT2D eigenvalue weighted by molar-refractivity contribution is 0.0208. The van der Waals surface area contributed by atoms with Crippen molar-refractivity contribution < 1.29 is 14.2 Å². The molecule has 8 nitrogen and oxygen atoms in total. The summed E-state index contributed by atoms with van der Waals surface area (Å²) in [4.78, 5) is 26.1. The second-order valence-electron chi connectivity index (χ2n) is 8.39. The minimum Gasteiger partial charge on any atom is -0.338 e. The Morgan fingerprint density at radius 2 is 1.74 bits per heavy atom. The normalized spacial score (nSPS) is 11.4. The second-order valence-corrected chi connectivity index (χ2v) is 12.3. The van der Waals surface area contributed by atoms with E-state index in [1.165, 1.54) is 6.20 Å². The first kappa shape index (κ1) is 26.7. The number of nitrogens with zero attached hydrogens (tertiary/aromatic N) is 2. The predicted octanol–water partition coefficient (Wildman–Crippen LogP) is 5.96. The number of benzene rings is 2. The van der Waals surface area contributed by atoms with Gasteiger partial charge in [0.2, 0.25) is 5.95 Å². The van der Waals surface area contributed by atoms with Crippen LogP contribution in [0.1, 0.15) is 38.1 Å². The maximum Gasteiger partial charge on any atom is 0.274 e. The molecule has 1 heterocycles. The van der Waals surface area contributed by atoms with Gasteiger partial charge < -0.3 is 15.2 Å². The van der Waals surface area contributed by atoms with Crippen molar-refractivity contribution in [3.8, 4) is 0 Å². The van der Waals surface area contributed by atoms with Crippen LogP contribution in [0.3, 0.4) is 0 Å². The summed E-state index contributed by atoms with van der Waals surface area (Å²) < 4.78 is 13.4. The molecule has 0 aliphatic rings. The molecule has 0 saturated heterocycles. The van der Waals surface area contributed by atoms with Crippen molar-refractivity contribution >= 4 is 53.1 Å². The molecule has 35 heavy (non-hydrogen) atoms. The lowest BCUT2D eigenvalue weighted by Crippen LogP contribution is -2.25. The summed E-state index contributed by atoms with van der Waals surface area (Å²) in [6, 6.07) is 14.4. The van der Waals surface area contributed by atoms with E-state index in [-0.39, 0.29) is 5.91 Å². The van der Waals surface area contributed by atoms with Crippen LogP contribution >= 0.6 is 18.7 Å². The zero-order chi connectivity index (χ0) is 25.4. The maximum absolute atomic E-state index is 13.4. The van der Waals surface area contributed by atoms with Gasteiger partial charge in [-0.15, -0.1) is 0 Å². The van der Waals surface area contributed by atoms with Crippen LogP contribution < -0.4 is 21.4 Å². The summed E-state index contributed by atoms with van der Waals surface area (Å²) in [5, 5.41) is 7.45. The number of hydroxylamine groups is 1. The Balaban J connectivity index is 1.74. The van der Waals surface area contributed by atoms with E-state index in [1.807, 2.05) is 52.0 Å². The van der Waals surface area contributed by atoms with Crippen LogP contribution in [0, 0.1) is 5.92 Å². The number of hydrogen-bond acceptors (Lipinski definition) is 7. The van der Waals surface area contributed by atoms with Gasteiger partial charge in [-0.2, -0.15) is 4.98 Å². The standard InChI is InChI=1S/C25H31ClN5O3P/c1-5-35(33,6-2)22-10-8-7-9-21(22)29-23-20(26)15-27-25(30-23)28-19-13-11-18(12-14-19)24(32)31-34-16-17(3)4/h7-15,17H,5-6,16H2,1-4H3,(H,31,32)(H2,27,28,29,30). The average Bonchev–Trinajstić information content (AvgIpc) is 2.86.